The van der Waals surface area contributed by atoms with Crippen molar-refractivity contribution < 1.29 is 14.6 Å². The lowest BCUT2D eigenvalue weighted by Gasteiger charge is -1.97. The molecule has 45 valence electrons. The minimum atomic E-state index is -0.481. The fraction of sp³-hybridized carbons (Fsp3) is 0.750. The molecule has 0 saturated carbocycles. The number of rotatable bonds is 1. The first-order valence-electron chi connectivity index (χ1n) is 2.35. The summed E-state index contributed by atoms with van der Waals surface area (Å²) in [4.78, 5) is 10.1. The molecule has 1 aliphatic heterocycles. The van der Waals surface area contributed by atoms with E-state index in [4.69, 9.17) is 0 Å². The molecule has 1 fully saturated rings. The van der Waals surface area contributed by atoms with Gasteiger partial charge in [0, 0.05) is 0 Å². The van der Waals surface area contributed by atoms with Gasteiger partial charge in [-0.25, -0.2) is 9.90 Å². The van der Waals surface area contributed by atoms with Gasteiger partial charge in [-0.3, -0.25) is 0 Å². The van der Waals surface area contributed by atoms with Gasteiger partial charge < -0.3 is 10.1 Å². The predicted octanol–water partition coefficient (Wildman–Crippen LogP) is -0.475. The second-order valence-electron chi connectivity index (χ2n) is 1.57. The summed E-state index contributed by atoms with van der Waals surface area (Å²) in [6.45, 7) is 0.0150. The van der Waals surface area contributed by atoms with Gasteiger partial charge in [0.05, 0.1) is 6.54 Å². The molecule has 0 aromatic heterocycles. The van der Waals surface area contributed by atoms with Crippen LogP contribution in [-0.4, -0.2) is 25.3 Å². The Labute approximate surface area is 46.4 Å². The average Bonchev–Trinajstić information content (AvgIpc) is 2.14. The van der Waals surface area contributed by atoms with Crippen LogP contribution in [0.5, 0.6) is 0 Å². The smallest absolute Gasteiger partial charge is 0.407 e. The van der Waals surface area contributed by atoms with E-state index in [-0.39, 0.29) is 6.61 Å². The third kappa shape index (κ3) is 0.894. The number of nitrogens with one attached hydrogen (secondary N) is 1. The van der Waals surface area contributed by atoms with E-state index in [1.165, 1.54) is 0 Å². The highest BCUT2D eigenvalue weighted by atomic mass is 16.6. The molecule has 0 spiro atoms. The number of carbonyl (C=O) groups excluding carboxylic acids is 1. The predicted molar refractivity (Wildman–Crippen MR) is 23.8 cm³/mol. The molecular weight excluding hydrogens is 110 g/mol. The number of alkyl carbamates (subject to hydrolysis) is 1. The fourth-order valence-corrected chi connectivity index (χ4v) is 0.525. The van der Waals surface area contributed by atoms with Crippen molar-refractivity contribution >= 4 is 6.09 Å². The van der Waals surface area contributed by atoms with Gasteiger partial charge in [-0.1, -0.05) is 0 Å². The van der Waals surface area contributed by atoms with Gasteiger partial charge in [0.25, 0.3) is 0 Å². The SMILES string of the molecule is [O]CC1CNC(=O)O1. The van der Waals surface area contributed by atoms with Gasteiger partial charge >= 0.3 is 6.09 Å². The molecule has 1 radical (unpaired) electrons. The van der Waals surface area contributed by atoms with Crippen LogP contribution in [0.15, 0.2) is 0 Å². The zero-order valence-electron chi connectivity index (χ0n) is 4.22. The Hall–Kier alpha value is -0.770. The van der Waals surface area contributed by atoms with Crippen LogP contribution < -0.4 is 5.32 Å². The van der Waals surface area contributed by atoms with Gasteiger partial charge in [0.2, 0.25) is 0 Å². The summed E-state index contributed by atoms with van der Waals surface area (Å²) < 4.78 is 4.45. The van der Waals surface area contributed by atoms with E-state index >= 15 is 0 Å². The van der Waals surface area contributed by atoms with Crippen LogP contribution >= 0.6 is 0 Å². The molecule has 1 rings (SSSR count). The fourth-order valence-electron chi connectivity index (χ4n) is 0.525. The van der Waals surface area contributed by atoms with E-state index in [1.54, 1.807) is 0 Å². The van der Waals surface area contributed by atoms with Crippen LogP contribution in [0.25, 0.3) is 0 Å². The van der Waals surface area contributed by atoms with Crippen molar-refractivity contribution in [3.8, 4) is 0 Å². The normalized spacial score (nSPS) is 27.1. The molecular formula is C4H6NO3. The van der Waals surface area contributed by atoms with E-state index in [9.17, 15) is 9.90 Å². The monoisotopic (exact) mass is 116 g/mol. The molecule has 1 aliphatic rings. The Kier molecular flexibility index (Phi) is 1.34. The first-order chi connectivity index (χ1) is 3.83. The van der Waals surface area contributed by atoms with Gasteiger partial charge in [-0.2, -0.15) is 0 Å². The lowest BCUT2D eigenvalue weighted by atomic mass is 10.4. The van der Waals surface area contributed by atoms with E-state index < -0.39 is 12.2 Å². The molecule has 1 saturated heterocycles. The Morgan fingerprint density at radius 2 is 2.62 bits per heavy atom. The second kappa shape index (κ2) is 2.00. The van der Waals surface area contributed by atoms with Crippen LogP contribution in [0.4, 0.5) is 4.79 Å². The summed E-state index contributed by atoms with van der Waals surface area (Å²) in [6, 6.07) is 0. The van der Waals surface area contributed by atoms with Crippen molar-refractivity contribution in [1.29, 1.82) is 0 Å². The molecule has 0 aromatic carbocycles. The number of ether oxygens (including phenoxy) is 1. The van der Waals surface area contributed by atoms with Crippen molar-refractivity contribution in [2.24, 2.45) is 0 Å². The summed E-state index contributed by atoms with van der Waals surface area (Å²) in [7, 11) is 0. The maximum absolute atomic E-state index is 10.1. The number of hydrogen-bond donors (Lipinski definition) is 1. The molecule has 1 unspecified atom stereocenters. The maximum atomic E-state index is 10.1. The minimum absolute atomic E-state index is 0.348. The Bertz CT molecular complexity index is 103. The lowest BCUT2D eigenvalue weighted by Crippen LogP contribution is -2.17. The first-order valence-corrected chi connectivity index (χ1v) is 2.35. The van der Waals surface area contributed by atoms with Crippen molar-refractivity contribution in [3.05, 3.63) is 0 Å². The van der Waals surface area contributed by atoms with Crippen molar-refractivity contribution in [3.63, 3.8) is 0 Å². The highest BCUT2D eigenvalue weighted by molar-refractivity contribution is 5.69. The molecule has 1 amide bonds. The Morgan fingerprint density at radius 3 is 2.88 bits per heavy atom. The third-order valence-corrected chi connectivity index (χ3v) is 0.934. The van der Waals surface area contributed by atoms with E-state index in [0.29, 0.717) is 6.54 Å². The summed E-state index contributed by atoms with van der Waals surface area (Å²) in [5.74, 6) is 0. The van der Waals surface area contributed by atoms with Crippen molar-refractivity contribution in [2.45, 2.75) is 6.10 Å². The summed E-state index contributed by atoms with van der Waals surface area (Å²) in [5, 5.41) is 12.3. The average molecular weight is 116 g/mol. The summed E-state index contributed by atoms with van der Waals surface area (Å²) in [6.07, 6.45) is -0.923. The molecule has 1 atom stereocenters. The zero-order chi connectivity index (χ0) is 5.98. The van der Waals surface area contributed by atoms with Crippen LogP contribution in [0.1, 0.15) is 0 Å². The molecule has 0 bridgehead atoms. The highest BCUT2D eigenvalue weighted by Gasteiger charge is 2.21. The van der Waals surface area contributed by atoms with E-state index in [2.05, 4.69) is 10.1 Å². The van der Waals surface area contributed by atoms with Crippen molar-refractivity contribution in [2.75, 3.05) is 13.2 Å². The molecule has 8 heavy (non-hydrogen) atoms. The molecule has 1 heterocycles. The molecule has 1 N–H and O–H groups in total. The van der Waals surface area contributed by atoms with Crippen LogP contribution in [0.2, 0.25) is 0 Å². The van der Waals surface area contributed by atoms with Crippen LogP contribution in [0.3, 0.4) is 0 Å². The van der Waals surface area contributed by atoms with Gasteiger partial charge in [0.15, 0.2) is 0 Å². The number of hydrogen-bond acceptors (Lipinski definition) is 2. The van der Waals surface area contributed by atoms with Crippen molar-refractivity contribution in [1.82, 2.24) is 5.32 Å². The highest BCUT2D eigenvalue weighted by Crippen LogP contribution is 1.96. The quantitative estimate of drug-likeness (QED) is 0.503. The molecule has 0 aliphatic carbocycles. The van der Waals surface area contributed by atoms with Crippen LogP contribution in [0, 0.1) is 0 Å². The molecule has 4 nitrogen and oxygen atoms in total. The number of amides is 1. The van der Waals surface area contributed by atoms with Gasteiger partial charge in [-0.05, 0) is 0 Å². The molecule has 0 aromatic rings. The first kappa shape index (κ1) is 5.37. The van der Waals surface area contributed by atoms with Crippen LogP contribution in [-0.2, 0) is 9.84 Å². The second-order valence-corrected chi connectivity index (χ2v) is 1.57. The topological polar surface area (TPSA) is 58.2 Å². The minimum Gasteiger partial charge on any atom is -0.442 e. The van der Waals surface area contributed by atoms with Gasteiger partial charge in [0.1, 0.15) is 12.7 Å². The molecule has 4 heteroatoms. The summed E-state index contributed by atoms with van der Waals surface area (Å²) in [5.41, 5.74) is 0. The van der Waals surface area contributed by atoms with E-state index in [1.807, 2.05) is 0 Å². The largest absolute Gasteiger partial charge is 0.442 e. The Morgan fingerprint density at radius 1 is 1.88 bits per heavy atom. The number of carbonyl (C=O) groups is 1. The lowest BCUT2D eigenvalue weighted by molar-refractivity contribution is 0.0639. The standard InChI is InChI=1S/C4H6NO3/c6-2-3-1-5-4(7)8-3/h3H,1-2H2,(H,5,7). The summed E-state index contributed by atoms with van der Waals surface area (Å²) >= 11 is 0. The maximum Gasteiger partial charge on any atom is 0.407 e. The number of cyclic esters (lactones) is 1. The zero-order valence-corrected chi connectivity index (χ0v) is 4.22. The van der Waals surface area contributed by atoms with E-state index in [0.717, 1.165) is 0 Å². The van der Waals surface area contributed by atoms with Gasteiger partial charge in [-0.15, -0.1) is 0 Å². The third-order valence-electron chi connectivity index (χ3n) is 0.934. The Balaban J connectivity index is 2.32.